The number of aliphatic hydroxyl groups is 1. The van der Waals surface area contributed by atoms with E-state index in [0.29, 0.717) is 6.54 Å². The molecule has 0 radical (unpaired) electrons. The predicted octanol–water partition coefficient (Wildman–Crippen LogP) is 4.36. The second-order valence-corrected chi connectivity index (χ2v) is 8.49. The van der Waals surface area contributed by atoms with E-state index in [9.17, 15) is 9.90 Å². The van der Waals surface area contributed by atoms with Gasteiger partial charge in [0.2, 0.25) is 0 Å². The molecule has 0 fully saturated rings. The molecular weight excluding hydrogens is 366 g/mol. The van der Waals surface area contributed by atoms with Gasteiger partial charge in [-0.3, -0.25) is 0 Å². The molecule has 6 heteroatoms. The van der Waals surface area contributed by atoms with Crippen LogP contribution >= 0.6 is 27.3 Å². The number of aliphatic hydroxyl groups excluding tert-OH is 1. The number of ether oxygens (including phenoxy) is 1. The van der Waals surface area contributed by atoms with Gasteiger partial charge in [0.25, 0.3) is 0 Å². The predicted molar refractivity (Wildman–Crippen MR) is 94.4 cm³/mol. The van der Waals surface area contributed by atoms with E-state index in [0.717, 1.165) is 23.7 Å². The molecule has 0 saturated carbocycles. The molecule has 0 spiro atoms. The molecule has 1 aromatic heterocycles. The number of rotatable bonds is 7. The standard InChI is InChI=1S/C16H26BrNO3S/c1-5-7-16(11-19,9-13-12(17)6-8-22-13)10-18-14(20)21-15(2,3)4/h6,8,19H,5,7,9-11H2,1-4H3,(H,18,20). The smallest absolute Gasteiger partial charge is 0.407 e. The van der Waals surface area contributed by atoms with Gasteiger partial charge in [-0.15, -0.1) is 11.3 Å². The van der Waals surface area contributed by atoms with Crippen molar-refractivity contribution in [3.8, 4) is 0 Å². The number of halogens is 1. The Morgan fingerprint density at radius 2 is 2.14 bits per heavy atom. The lowest BCUT2D eigenvalue weighted by atomic mass is 9.80. The molecule has 0 aliphatic rings. The van der Waals surface area contributed by atoms with Crippen molar-refractivity contribution in [2.24, 2.45) is 5.41 Å². The second-order valence-electron chi connectivity index (χ2n) is 6.63. The van der Waals surface area contributed by atoms with Gasteiger partial charge in [0.1, 0.15) is 5.60 Å². The maximum Gasteiger partial charge on any atom is 0.407 e. The number of amides is 1. The van der Waals surface area contributed by atoms with E-state index in [-0.39, 0.29) is 12.0 Å². The fourth-order valence-corrected chi connectivity index (χ4v) is 3.99. The zero-order valence-corrected chi connectivity index (χ0v) is 16.1. The Kier molecular flexibility index (Phi) is 7.35. The van der Waals surface area contributed by atoms with Gasteiger partial charge < -0.3 is 15.2 Å². The molecule has 0 aliphatic heterocycles. The van der Waals surface area contributed by atoms with Crippen molar-refractivity contribution >= 4 is 33.4 Å². The van der Waals surface area contributed by atoms with E-state index in [4.69, 9.17) is 4.74 Å². The van der Waals surface area contributed by atoms with Gasteiger partial charge in [-0.05, 0) is 61.0 Å². The number of hydrogen-bond donors (Lipinski definition) is 2. The second kappa shape index (κ2) is 8.31. The lowest BCUT2D eigenvalue weighted by Gasteiger charge is -2.32. The molecule has 2 N–H and O–H groups in total. The van der Waals surface area contributed by atoms with E-state index in [2.05, 4.69) is 28.2 Å². The van der Waals surface area contributed by atoms with Gasteiger partial charge in [0.15, 0.2) is 0 Å². The number of alkyl carbamates (subject to hydrolysis) is 1. The zero-order valence-electron chi connectivity index (χ0n) is 13.7. The minimum Gasteiger partial charge on any atom is -0.444 e. The molecule has 0 bridgehead atoms. The van der Waals surface area contributed by atoms with Gasteiger partial charge in [0.05, 0.1) is 6.61 Å². The molecule has 1 amide bonds. The molecule has 0 aromatic carbocycles. The zero-order chi connectivity index (χ0) is 16.8. The minimum absolute atomic E-state index is 0.0287. The maximum absolute atomic E-state index is 11.9. The molecule has 22 heavy (non-hydrogen) atoms. The van der Waals surface area contributed by atoms with Crippen LogP contribution in [0.5, 0.6) is 0 Å². The molecule has 4 nitrogen and oxygen atoms in total. The molecule has 1 aromatic rings. The van der Waals surface area contributed by atoms with E-state index >= 15 is 0 Å². The first kappa shape index (κ1) is 19.5. The topological polar surface area (TPSA) is 58.6 Å². The molecule has 0 saturated heterocycles. The minimum atomic E-state index is -0.520. The Morgan fingerprint density at radius 3 is 2.59 bits per heavy atom. The highest BCUT2D eigenvalue weighted by molar-refractivity contribution is 9.10. The van der Waals surface area contributed by atoms with Gasteiger partial charge in [-0.25, -0.2) is 4.79 Å². The van der Waals surface area contributed by atoms with Gasteiger partial charge in [0, 0.05) is 21.3 Å². The first-order valence-electron chi connectivity index (χ1n) is 7.51. The molecule has 1 rings (SSSR count). The van der Waals surface area contributed by atoms with Crippen LogP contribution in [0.15, 0.2) is 15.9 Å². The highest BCUT2D eigenvalue weighted by Gasteiger charge is 2.31. The van der Waals surface area contributed by atoms with Crippen molar-refractivity contribution in [1.82, 2.24) is 5.32 Å². The molecule has 1 unspecified atom stereocenters. The lowest BCUT2D eigenvalue weighted by molar-refractivity contribution is 0.0456. The summed E-state index contributed by atoms with van der Waals surface area (Å²) < 4.78 is 6.34. The molecule has 0 aliphatic carbocycles. The van der Waals surface area contributed by atoms with E-state index in [1.807, 2.05) is 32.2 Å². The van der Waals surface area contributed by atoms with Crippen molar-refractivity contribution in [3.05, 3.63) is 20.8 Å². The highest BCUT2D eigenvalue weighted by Crippen LogP contribution is 2.33. The lowest BCUT2D eigenvalue weighted by Crippen LogP contribution is -2.43. The maximum atomic E-state index is 11.9. The van der Waals surface area contributed by atoms with Gasteiger partial charge in [-0.1, -0.05) is 13.3 Å². The number of nitrogens with one attached hydrogen (secondary N) is 1. The normalized spacial score (nSPS) is 14.5. The Hall–Kier alpha value is -0.590. The fourth-order valence-electron chi connectivity index (χ4n) is 2.33. The number of carbonyl (C=O) groups excluding carboxylic acids is 1. The third kappa shape index (κ3) is 6.26. The monoisotopic (exact) mass is 391 g/mol. The summed E-state index contributed by atoms with van der Waals surface area (Å²) >= 11 is 5.20. The van der Waals surface area contributed by atoms with Crippen molar-refractivity contribution in [2.75, 3.05) is 13.2 Å². The summed E-state index contributed by atoms with van der Waals surface area (Å²) in [5.41, 5.74) is -0.882. The quantitative estimate of drug-likeness (QED) is 0.725. The van der Waals surface area contributed by atoms with Crippen LogP contribution in [0, 0.1) is 5.41 Å². The van der Waals surface area contributed by atoms with E-state index in [1.165, 1.54) is 4.88 Å². The summed E-state index contributed by atoms with van der Waals surface area (Å²) in [6.07, 6.45) is 2.07. The van der Waals surface area contributed by atoms with Crippen LogP contribution in [0.25, 0.3) is 0 Å². The molecular formula is C16H26BrNO3S. The van der Waals surface area contributed by atoms with Crippen molar-refractivity contribution < 1.29 is 14.6 Å². The van der Waals surface area contributed by atoms with Crippen molar-refractivity contribution in [1.29, 1.82) is 0 Å². The largest absolute Gasteiger partial charge is 0.444 e. The number of thiophene rings is 1. The Labute approximate surface area is 145 Å². The molecule has 1 heterocycles. The summed E-state index contributed by atoms with van der Waals surface area (Å²) in [7, 11) is 0. The van der Waals surface area contributed by atoms with Crippen LogP contribution in [-0.4, -0.2) is 30.0 Å². The van der Waals surface area contributed by atoms with Gasteiger partial charge in [-0.2, -0.15) is 0 Å². The fraction of sp³-hybridized carbons (Fsp3) is 0.688. The molecule has 126 valence electrons. The Morgan fingerprint density at radius 1 is 1.45 bits per heavy atom. The summed E-state index contributed by atoms with van der Waals surface area (Å²) in [4.78, 5) is 13.1. The van der Waals surface area contributed by atoms with E-state index in [1.54, 1.807) is 11.3 Å². The average Bonchev–Trinajstić information content (AvgIpc) is 2.80. The number of carbonyl (C=O) groups is 1. The average molecular weight is 392 g/mol. The first-order valence-corrected chi connectivity index (χ1v) is 9.18. The van der Waals surface area contributed by atoms with Crippen molar-refractivity contribution in [3.63, 3.8) is 0 Å². The summed E-state index contributed by atoms with van der Waals surface area (Å²) in [5, 5.41) is 14.8. The van der Waals surface area contributed by atoms with E-state index < -0.39 is 11.7 Å². The number of hydrogen-bond acceptors (Lipinski definition) is 4. The van der Waals surface area contributed by atoms with Crippen LogP contribution < -0.4 is 5.32 Å². The summed E-state index contributed by atoms with van der Waals surface area (Å²) in [6, 6.07) is 2.01. The van der Waals surface area contributed by atoms with Crippen LogP contribution in [0.3, 0.4) is 0 Å². The molecule has 1 atom stereocenters. The third-order valence-corrected chi connectivity index (χ3v) is 5.28. The Balaban J connectivity index is 2.75. The summed E-state index contributed by atoms with van der Waals surface area (Å²) in [5.74, 6) is 0. The van der Waals surface area contributed by atoms with Crippen molar-refractivity contribution in [2.45, 2.75) is 52.6 Å². The third-order valence-electron chi connectivity index (χ3n) is 3.35. The first-order chi connectivity index (χ1) is 10.2. The highest BCUT2D eigenvalue weighted by atomic mass is 79.9. The van der Waals surface area contributed by atoms with Crippen LogP contribution in [0.4, 0.5) is 4.79 Å². The van der Waals surface area contributed by atoms with Crippen LogP contribution in [-0.2, 0) is 11.2 Å². The Bertz CT molecular complexity index is 484. The van der Waals surface area contributed by atoms with Gasteiger partial charge >= 0.3 is 6.09 Å². The SMILES string of the molecule is CCCC(CO)(CNC(=O)OC(C)(C)C)Cc1sccc1Br. The summed E-state index contributed by atoms with van der Waals surface area (Å²) in [6.45, 7) is 8.01. The van der Waals surface area contributed by atoms with Crippen LogP contribution in [0.2, 0.25) is 0 Å². The van der Waals surface area contributed by atoms with Crippen LogP contribution in [0.1, 0.15) is 45.4 Å².